The first-order chi connectivity index (χ1) is 9.66. The molecule has 1 aliphatic rings. The second kappa shape index (κ2) is 6.17. The maximum Gasteiger partial charge on any atom is 0.491 e. The Bertz CT molecular complexity index is 557. The van der Waals surface area contributed by atoms with E-state index < -0.39 is 7.12 Å². The van der Waals surface area contributed by atoms with Crippen molar-refractivity contribution < 1.29 is 9.31 Å². The minimum atomic E-state index is -0.417. The van der Waals surface area contributed by atoms with E-state index in [4.69, 9.17) is 32.5 Å². The summed E-state index contributed by atoms with van der Waals surface area (Å²) in [6, 6.07) is 5.40. The van der Waals surface area contributed by atoms with Crippen LogP contribution in [0.4, 0.5) is 0 Å². The van der Waals surface area contributed by atoms with Gasteiger partial charge in [-0.2, -0.15) is 12.6 Å². The van der Waals surface area contributed by atoms with Crippen molar-refractivity contribution >= 4 is 49.0 Å². The molecule has 0 aromatic heterocycles. The molecule has 1 heterocycles. The normalized spacial score (nSPS) is 20.9. The first-order valence-corrected chi connectivity index (χ1v) is 8.17. The van der Waals surface area contributed by atoms with Gasteiger partial charge < -0.3 is 9.31 Å². The third-order valence-corrected chi connectivity index (χ3v) is 4.97. The summed E-state index contributed by atoms with van der Waals surface area (Å²) in [6.45, 7) is 8.10. The Hall–Kier alpha value is -0.125. The lowest BCUT2D eigenvalue weighted by Gasteiger charge is -2.32. The van der Waals surface area contributed by atoms with Crippen LogP contribution < -0.4 is 0 Å². The van der Waals surface area contributed by atoms with Crippen molar-refractivity contribution in [2.45, 2.75) is 38.9 Å². The van der Waals surface area contributed by atoms with E-state index in [1.54, 1.807) is 12.1 Å². The molecule has 0 atom stereocenters. The molecule has 0 aliphatic carbocycles. The molecule has 21 heavy (non-hydrogen) atoms. The van der Waals surface area contributed by atoms with Gasteiger partial charge >= 0.3 is 7.12 Å². The molecule has 0 saturated carbocycles. The van der Waals surface area contributed by atoms with Crippen LogP contribution in [0.25, 0.3) is 6.08 Å². The Kier molecular flexibility index (Phi) is 5.06. The number of hydrogen-bond acceptors (Lipinski definition) is 3. The van der Waals surface area contributed by atoms with E-state index in [1.807, 2.05) is 39.8 Å². The number of rotatable bonds is 3. The summed E-state index contributed by atoms with van der Waals surface area (Å²) >= 11 is 16.5. The number of benzene rings is 1. The summed E-state index contributed by atoms with van der Waals surface area (Å²) in [5, 5.41) is 1.21. The predicted molar refractivity (Wildman–Crippen MR) is 94.4 cm³/mol. The van der Waals surface area contributed by atoms with E-state index in [9.17, 15) is 0 Å². The first-order valence-electron chi connectivity index (χ1n) is 6.78. The van der Waals surface area contributed by atoms with Crippen LogP contribution in [-0.4, -0.2) is 24.1 Å². The van der Waals surface area contributed by atoms with Crippen LogP contribution in [0.2, 0.25) is 10.0 Å². The zero-order chi connectivity index (χ0) is 15.8. The zero-order valence-electron chi connectivity index (χ0n) is 12.6. The third kappa shape index (κ3) is 3.62. The van der Waals surface area contributed by atoms with Gasteiger partial charge in [0.25, 0.3) is 0 Å². The van der Waals surface area contributed by atoms with Crippen LogP contribution in [0.3, 0.4) is 0 Å². The van der Waals surface area contributed by atoms with Gasteiger partial charge in [0.2, 0.25) is 0 Å². The zero-order valence-corrected chi connectivity index (χ0v) is 15.0. The molecule has 0 unspecified atom stereocenters. The molecule has 1 saturated heterocycles. The van der Waals surface area contributed by atoms with Crippen molar-refractivity contribution in [2.24, 2.45) is 0 Å². The van der Waals surface area contributed by atoms with Crippen molar-refractivity contribution in [1.29, 1.82) is 0 Å². The first kappa shape index (κ1) is 17.2. The minimum Gasteiger partial charge on any atom is -0.400 e. The fourth-order valence-electron chi connectivity index (χ4n) is 2.00. The summed E-state index contributed by atoms with van der Waals surface area (Å²) in [7, 11) is -0.417. The Balaban J connectivity index is 2.31. The Morgan fingerprint density at radius 3 is 2.24 bits per heavy atom. The highest BCUT2D eigenvalue weighted by atomic mass is 35.5. The van der Waals surface area contributed by atoms with E-state index >= 15 is 0 Å². The van der Waals surface area contributed by atoms with Crippen molar-refractivity contribution in [3.8, 4) is 0 Å². The monoisotopic (exact) mass is 344 g/mol. The quantitative estimate of drug-likeness (QED) is 0.618. The predicted octanol–water partition coefficient (Wildman–Crippen LogP) is 4.94. The van der Waals surface area contributed by atoms with Gasteiger partial charge in [0.15, 0.2) is 0 Å². The lowest BCUT2D eigenvalue weighted by Crippen LogP contribution is -2.41. The topological polar surface area (TPSA) is 18.5 Å². The molecule has 1 aliphatic heterocycles. The number of thiol groups is 1. The number of hydrogen-bond donors (Lipinski definition) is 1. The average Bonchev–Trinajstić information content (AvgIpc) is 2.57. The molecular weight excluding hydrogens is 326 g/mol. The van der Waals surface area contributed by atoms with Crippen molar-refractivity contribution in [3.63, 3.8) is 0 Å². The molecule has 1 fully saturated rings. The summed E-state index contributed by atoms with van der Waals surface area (Å²) < 4.78 is 12.1. The number of halogens is 2. The summed E-state index contributed by atoms with van der Waals surface area (Å²) in [4.78, 5) is 0. The summed E-state index contributed by atoms with van der Waals surface area (Å²) in [5.74, 6) is 0.524. The molecule has 0 N–H and O–H groups in total. The van der Waals surface area contributed by atoms with Crippen LogP contribution in [0.15, 0.2) is 23.7 Å². The molecule has 0 bridgehead atoms. The maximum atomic E-state index is 6.21. The third-order valence-electron chi connectivity index (χ3n) is 4.04. The molecule has 0 amide bonds. The molecule has 0 radical (unpaired) electrons. The summed E-state index contributed by atoms with van der Waals surface area (Å²) in [5.41, 5.74) is 1.06. The average molecular weight is 345 g/mol. The fourth-order valence-corrected chi connectivity index (χ4v) is 2.70. The van der Waals surface area contributed by atoms with Crippen LogP contribution >= 0.6 is 35.8 Å². The van der Waals surface area contributed by atoms with Crippen molar-refractivity contribution in [1.82, 2.24) is 0 Å². The van der Waals surface area contributed by atoms with Gasteiger partial charge in [-0.15, -0.1) is 0 Å². The summed E-state index contributed by atoms with van der Waals surface area (Å²) in [6.07, 6.45) is 1.95. The van der Waals surface area contributed by atoms with E-state index in [0.29, 0.717) is 15.8 Å². The standard InChI is InChI=1S/C15H19BCl2O2S/c1-14(2)15(3,4)20-16(19-14)11(9-21)7-10-5-6-12(17)8-13(10)18/h5-8,21H,9H2,1-4H3. The molecule has 2 nitrogen and oxygen atoms in total. The molecule has 1 aromatic carbocycles. The lowest BCUT2D eigenvalue weighted by molar-refractivity contribution is 0.00578. The molecule has 6 heteroatoms. The highest BCUT2D eigenvalue weighted by molar-refractivity contribution is 7.80. The Labute approximate surface area is 142 Å². The van der Waals surface area contributed by atoms with Gasteiger partial charge in [-0.25, -0.2) is 0 Å². The van der Waals surface area contributed by atoms with Gasteiger partial charge in [-0.1, -0.05) is 35.3 Å². The van der Waals surface area contributed by atoms with Crippen LogP contribution in [0.1, 0.15) is 33.3 Å². The molecule has 1 aromatic rings. The van der Waals surface area contributed by atoms with Crippen LogP contribution in [-0.2, 0) is 9.31 Å². The second-order valence-corrected chi connectivity index (χ2v) is 7.29. The molecule has 2 rings (SSSR count). The largest absolute Gasteiger partial charge is 0.491 e. The highest BCUT2D eigenvalue weighted by Gasteiger charge is 2.52. The van der Waals surface area contributed by atoms with Gasteiger partial charge in [-0.3, -0.25) is 0 Å². The van der Waals surface area contributed by atoms with Crippen LogP contribution in [0, 0.1) is 0 Å². The molecule has 0 spiro atoms. The fraction of sp³-hybridized carbons (Fsp3) is 0.467. The molecule has 114 valence electrons. The minimum absolute atomic E-state index is 0.372. The lowest BCUT2D eigenvalue weighted by atomic mass is 9.78. The van der Waals surface area contributed by atoms with E-state index in [-0.39, 0.29) is 11.2 Å². The van der Waals surface area contributed by atoms with Crippen molar-refractivity contribution in [2.75, 3.05) is 5.75 Å². The van der Waals surface area contributed by atoms with Gasteiger partial charge in [0.05, 0.1) is 11.2 Å². The van der Waals surface area contributed by atoms with Gasteiger partial charge in [0, 0.05) is 15.8 Å². The Morgan fingerprint density at radius 2 is 1.76 bits per heavy atom. The van der Waals surface area contributed by atoms with E-state index in [0.717, 1.165) is 11.0 Å². The molecular formula is C15H19BCl2O2S. The smallest absolute Gasteiger partial charge is 0.400 e. The maximum absolute atomic E-state index is 6.21. The SMILES string of the molecule is CC1(C)OB(C(=Cc2ccc(Cl)cc2Cl)CS)OC1(C)C. The van der Waals surface area contributed by atoms with Gasteiger partial charge in [-0.05, 0) is 50.9 Å². The van der Waals surface area contributed by atoms with Crippen molar-refractivity contribution in [3.05, 3.63) is 39.3 Å². The van der Waals surface area contributed by atoms with Gasteiger partial charge in [0.1, 0.15) is 0 Å². The van der Waals surface area contributed by atoms with Crippen LogP contribution in [0.5, 0.6) is 0 Å². The Morgan fingerprint density at radius 1 is 1.19 bits per heavy atom. The second-order valence-electron chi connectivity index (χ2n) is 6.13. The highest BCUT2D eigenvalue weighted by Crippen LogP contribution is 2.39. The van der Waals surface area contributed by atoms with E-state index in [2.05, 4.69) is 12.6 Å². The van der Waals surface area contributed by atoms with E-state index in [1.165, 1.54) is 0 Å².